The molecule has 0 saturated carbocycles. The minimum absolute atomic E-state index is 0.115. The average Bonchev–Trinajstić information content (AvgIpc) is 3.52. The number of para-hydroxylation sites is 2. The number of nitrogens with one attached hydrogen (secondary N) is 1. The Morgan fingerprint density at radius 1 is 1.03 bits per heavy atom. The first-order chi connectivity index (χ1) is 17.5. The van der Waals surface area contributed by atoms with Gasteiger partial charge in [0.1, 0.15) is 0 Å². The molecule has 4 aromatic rings. The molecule has 1 aliphatic heterocycles. The highest BCUT2D eigenvalue weighted by Crippen LogP contribution is 2.33. The van der Waals surface area contributed by atoms with Crippen molar-refractivity contribution in [1.29, 1.82) is 0 Å². The van der Waals surface area contributed by atoms with Crippen molar-refractivity contribution in [3.05, 3.63) is 89.7 Å². The van der Waals surface area contributed by atoms with Crippen molar-refractivity contribution in [2.24, 2.45) is 7.05 Å². The predicted octanol–water partition coefficient (Wildman–Crippen LogP) is 3.81. The summed E-state index contributed by atoms with van der Waals surface area (Å²) in [6.45, 7) is 0.559. The molecule has 2 amide bonds. The molecule has 0 bridgehead atoms. The molecule has 36 heavy (non-hydrogen) atoms. The summed E-state index contributed by atoms with van der Waals surface area (Å²) in [5.41, 5.74) is 3.33. The van der Waals surface area contributed by atoms with Crippen LogP contribution in [-0.2, 0) is 13.5 Å². The van der Waals surface area contributed by atoms with E-state index in [1.54, 1.807) is 34.7 Å². The number of hydrogen-bond acceptors (Lipinski definition) is 5. The van der Waals surface area contributed by atoms with Gasteiger partial charge in [-0.05, 0) is 48.7 Å². The third kappa shape index (κ3) is 4.75. The minimum atomic E-state index is -0.239. The Morgan fingerprint density at radius 3 is 2.58 bits per heavy atom. The van der Waals surface area contributed by atoms with E-state index in [0.29, 0.717) is 42.3 Å². The Labute approximate surface area is 209 Å². The van der Waals surface area contributed by atoms with Crippen LogP contribution in [0.5, 0.6) is 11.5 Å². The lowest BCUT2D eigenvalue weighted by Gasteiger charge is -2.29. The molecule has 1 atom stereocenters. The third-order valence-electron chi connectivity index (χ3n) is 6.56. The van der Waals surface area contributed by atoms with Gasteiger partial charge in [-0.1, -0.05) is 42.5 Å². The lowest BCUT2D eigenvalue weighted by molar-refractivity contribution is 0.0722. The number of ether oxygens (including phenoxy) is 2. The number of benzene rings is 3. The van der Waals surface area contributed by atoms with Crippen LogP contribution in [-0.4, -0.2) is 52.7 Å². The van der Waals surface area contributed by atoms with Crippen molar-refractivity contribution in [3.8, 4) is 11.5 Å². The van der Waals surface area contributed by atoms with Gasteiger partial charge in [-0.2, -0.15) is 0 Å². The smallest absolute Gasteiger partial charge is 0.287 e. The zero-order valence-electron chi connectivity index (χ0n) is 20.3. The van der Waals surface area contributed by atoms with E-state index in [4.69, 9.17) is 9.47 Å². The number of imidazole rings is 1. The summed E-state index contributed by atoms with van der Waals surface area (Å²) >= 11 is 0. The number of nitrogens with zero attached hydrogens (tertiary/aromatic N) is 3. The summed E-state index contributed by atoms with van der Waals surface area (Å²) in [4.78, 5) is 32.5. The minimum Gasteiger partial charge on any atom is -0.454 e. The van der Waals surface area contributed by atoms with Crippen molar-refractivity contribution < 1.29 is 19.1 Å². The van der Waals surface area contributed by atoms with Crippen molar-refractivity contribution in [2.75, 3.05) is 20.4 Å². The van der Waals surface area contributed by atoms with Gasteiger partial charge in [-0.3, -0.25) is 9.59 Å². The van der Waals surface area contributed by atoms with Gasteiger partial charge >= 0.3 is 0 Å². The van der Waals surface area contributed by atoms with Gasteiger partial charge in [0.05, 0.1) is 11.0 Å². The second-order valence-electron chi connectivity index (χ2n) is 8.86. The zero-order valence-corrected chi connectivity index (χ0v) is 20.3. The van der Waals surface area contributed by atoms with Crippen LogP contribution in [0, 0.1) is 0 Å². The summed E-state index contributed by atoms with van der Waals surface area (Å²) in [5, 5.41) is 2.99. The van der Waals surface area contributed by atoms with E-state index in [1.165, 1.54) is 0 Å². The molecule has 1 aliphatic rings. The molecule has 2 heterocycles. The molecule has 3 aromatic carbocycles. The zero-order chi connectivity index (χ0) is 25.1. The van der Waals surface area contributed by atoms with E-state index in [-0.39, 0.29) is 24.6 Å². The molecule has 8 nitrogen and oxygen atoms in total. The van der Waals surface area contributed by atoms with Crippen LogP contribution in [0.25, 0.3) is 11.0 Å². The molecule has 0 spiro atoms. The number of carbonyl (C=O) groups is 2. The Bertz CT molecular complexity index is 1400. The fraction of sp³-hybridized carbons (Fsp3) is 0.250. The van der Waals surface area contributed by atoms with Crippen LogP contribution >= 0.6 is 0 Å². The molecule has 0 radical (unpaired) electrons. The van der Waals surface area contributed by atoms with Gasteiger partial charge in [0.15, 0.2) is 17.3 Å². The molecule has 0 fully saturated rings. The Balaban J connectivity index is 1.29. The van der Waals surface area contributed by atoms with E-state index in [1.807, 2.05) is 61.6 Å². The van der Waals surface area contributed by atoms with Gasteiger partial charge in [-0.25, -0.2) is 4.98 Å². The molecule has 184 valence electrons. The molecule has 1 N–H and O–H groups in total. The van der Waals surface area contributed by atoms with Crippen LogP contribution in [0.3, 0.4) is 0 Å². The maximum atomic E-state index is 13.4. The number of hydrogen-bond donors (Lipinski definition) is 1. The van der Waals surface area contributed by atoms with Crippen LogP contribution in [0.1, 0.15) is 33.0 Å². The van der Waals surface area contributed by atoms with Gasteiger partial charge in [-0.15, -0.1) is 0 Å². The summed E-state index contributed by atoms with van der Waals surface area (Å²) in [6.07, 6.45) is 1.24. The molecular weight excluding hydrogens is 456 g/mol. The lowest BCUT2D eigenvalue weighted by Crippen LogP contribution is -2.41. The maximum Gasteiger partial charge on any atom is 0.287 e. The number of aromatic nitrogens is 2. The van der Waals surface area contributed by atoms with Crippen molar-refractivity contribution in [3.63, 3.8) is 0 Å². The molecule has 0 saturated heterocycles. The number of fused-ring (bicyclic) bond motifs is 2. The fourth-order valence-corrected chi connectivity index (χ4v) is 4.50. The largest absolute Gasteiger partial charge is 0.454 e. The molecule has 0 aliphatic carbocycles. The van der Waals surface area contributed by atoms with Crippen LogP contribution in [0.15, 0.2) is 72.8 Å². The maximum absolute atomic E-state index is 13.4. The number of amides is 2. The van der Waals surface area contributed by atoms with E-state index >= 15 is 0 Å². The Kier molecular flexibility index (Phi) is 6.58. The second-order valence-corrected chi connectivity index (χ2v) is 8.86. The summed E-state index contributed by atoms with van der Waals surface area (Å²) in [7, 11) is 3.63. The van der Waals surface area contributed by atoms with Crippen LogP contribution in [0.2, 0.25) is 0 Å². The number of carbonyl (C=O) groups excluding carboxylic acids is 2. The highest BCUT2D eigenvalue weighted by atomic mass is 16.7. The number of rotatable bonds is 8. The van der Waals surface area contributed by atoms with Crippen LogP contribution < -0.4 is 14.8 Å². The highest BCUT2D eigenvalue weighted by Gasteiger charge is 2.24. The van der Waals surface area contributed by atoms with E-state index in [0.717, 1.165) is 16.6 Å². The molecule has 1 aromatic heterocycles. The molecular formula is C28H28N4O4. The molecule has 8 heteroatoms. The van der Waals surface area contributed by atoms with Gasteiger partial charge in [0.25, 0.3) is 11.8 Å². The summed E-state index contributed by atoms with van der Waals surface area (Å²) < 4.78 is 12.6. The first kappa shape index (κ1) is 23.4. The van der Waals surface area contributed by atoms with E-state index in [9.17, 15) is 9.59 Å². The fourth-order valence-electron chi connectivity index (χ4n) is 4.50. The normalized spacial score (nSPS) is 12.9. The summed E-state index contributed by atoms with van der Waals surface area (Å²) in [6, 6.07) is 22.8. The third-order valence-corrected chi connectivity index (χ3v) is 6.56. The first-order valence-corrected chi connectivity index (χ1v) is 11.9. The van der Waals surface area contributed by atoms with Crippen molar-refractivity contribution in [1.82, 2.24) is 19.8 Å². The first-order valence-electron chi connectivity index (χ1n) is 11.9. The van der Waals surface area contributed by atoms with Gasteiger partial charge < -0.3 is 24.3 Å². The van der Waals surface area contributed by atoms with Gasteiger partial charge in [0.2, 0.25) is 6.79 Å². The SMILES string of the molecule is CN(C(=O)c1ccc2c(c1)OCO2)[C@H](CCNC(=O)c1nc2ccccc2n1C)Cc1ccccc1. The monoisotopic (exact) mass is 484 g/mol. The Morgan fingerprint density at radius 2 is 1.78 bits per heavy atom. The predicted molar refractivity (Wildman–Crippen MR) is 136 cm³/mol. The Hall–Kier alpha value is -4.33. The van der Waals surface area contributed by atoms with Crippen molar-refractivity contribution >= 4 is 22.8 Å². The summed E-state index contributed by atoms with van der Waals surface area (Å²) in [5.74, 6) is 1.22. The highest BCUT2D eigenvalue weighted by molar-refractivity contribution is 5.95. The molecule has 5 rings (SSSR count). The topological polar surface area (TPSA) is 85.7 Å². The van der Waals surface area contributed by atoms with E-state index in [2.05, 4.69) is 10.3 Å². The van der Waals surface area contributed by atoms with Gasteiger partial charge in [0, 0.05) is 32.2 Å². The standard InChI is InChI=1S/C28H28N4O4/c1-31(28(34)20-12-13-24-25(17-20)36-18-35-24)21(16-19-8-4-3-5-9-19)14-15-29-27(33)26-30-22-10-6-7-11-23(22)32(26)2/h3-13,17,21H,14-16,18H2,1-2H3,(H,29,33)/t21-/m1/s1. The van der Waals surface area contributed by atoms with E-state index < -0.39 is 0 Å². The lowest BCUT2D eigenvalue weighted by atomic mass is 10.0. The van der Waals surface area contributed by atoms with Crippen LogP contribution in [0.4, 0.5) is 0 Å². The molecule has 0 unspecified atom stereocenters. The quantitative estimate of drug-likeness (QED) is 0.411. The second kappa shape index (κ2) is 10.1. The number of aryl methyl sites for hydroxylation is 1. The average molecular weight is 485 g/mol. The van der Waals surface area contributed by atoms with Crippen molar-refractivity contribution in [2.45, 2.75) is 18.9 Å². The number of likely N-dealkylation sites (N-methyl/N-ethyl adjacent to an activating group) is 1.